The van der Waals surface area contributed by atoms with E-state index in [2.05, 4.69) is 5.32 Å². The summed E-state index contributed by atoms with van der Waals surface area (Å²) < 4.78 is 10.5. The van der Waals surface area contributed by atoms with Crippen molar-refractivity contribution in [3.63, 3.8) is 0 Å². The number of amides is 2. The lowest BCUT2D eigenvalue weighted by Gasteiger charge is -2.27. The number of nitrogens with one attached hydrogen (secondary N) is 1. The van der Waals surface area contributed by atoms with Crippen molar-refractivity contribution in [2.45, 2.75) is 0 Å². The molecule has 3 rings (SSSR count). The smallest absolute Gasteiger partial charge is 0.410 e. The number of hydrogen-bond acceptors (Lipinski definition) is 4. The lowest BCUT2D eigenvalue weighted by Crippen LogP contribution is -2.41. The normalized spacial score (nSPS) is 14.1. The first-order valence-electron chi connectivity index (χ1n) is 7.74. The highest BCUT2D eigenvalue weighted by Crippen LogP contribution is 2.19. The average Bonchev–Trinajstić information content (AvgIpc) is 2.63. The predicted octanol–water partition coefficient (Wildman–Crippen LogP) is 2.77. The summed E-state index contributed by atoms with van der Waals surface area (Å²) >= 11 is 0. The molecule has 0 aliphatic carbocycles. The Hall–Kier alpha value is -2.86. The van der Waals surface area contributed by atoms with Crippen LogP contribution in [0.4, 0.5) is 10.5 Å². The highest BCUT2D eigenvalue weighted by Gasteiger charge is 2.21. The summed E-state index contributed by atoms with van der Waals surface area (Å²) in [5.41, 5.74) is 0.860. The number of ether oxygens (including phenoxy) is 2. The Morgan fingerprint density at radius 3 is 2.38 bits per heavy atom. The molecule has 2 amide bonds. The Morgan fingerprint density at radius 2 is 1.62 bits per heavy atom. The molecule has 1 aliphatic heterocycles. The second-order valence-corrected chi connectivity index (χ2v) is 5.28. The van der Waals surface area contributed by atoms with Gasteiger partial charge in [0.15, 0.2) is 0 Å². The fraction of sp³-hybridized carbons (Fsp3) is 0.222. The second-order valence-electron chi connectivity index (χ2n) is 5.28. The van der Waals surface area contributed by atoms with Crippen LogP contribution in [-0.4, -0.2) is 43.2 Å². The Morgan fingerprint density at radius 1 is 0.958 bits per heavy atom. The number of nitrogens with zero attached hydrogens (tertiary/aromatic N) is 1. The van der Waals surface area contributed by atoms with E-state index in [4.69, 9.17) is 9.47 Å². The minimum absolute atomic E-state index is 0.131. The molecular formula is C18H18N2O4. The lowest BCUT2D eigenvalue weighted by molar-refractivity contribution is 0.0303. The number of para-hydroxylation sites is 2. The Kier molecular flexibility index (Phi) is 5.08. The number of carbonyl (C=O) groups excluding carboxylic acids is 2. The lowest BCUT2D eigenvalue weighted by atomic mass is 10.1. The van der Waals surface area contributed by atoms with Gasteiger partial charge in [-0.2, -0.15) is 0 Å². The molecule has 2 aromatic carbocycles. The van der Waals surface area contributed by atoms with Crippen LogP contribution in [0.3, 0.4) is 0 Å². The highest BCUT2D eigenvalue weighted by atomic mass is 16.6. The minimum atomic E-state index is -0.636. The maximum atomic E-state index is 12.6. The molecule has 1 saturated heterocycles. The van der Waals surface area contributed by atoms with Crippen molar-refractivity contribution in [1.29, 1.82) is 0 Å². The largest absolute Gasteiger partial charge is 0.417 e. The number of hydrogen-bond donors (Lipinski definition) is 1. The van der Waals surface area contributed by atoms with Crippen LogP contribution in [0, 0.1) is 0 Å². The Balaban J connectivity index is 1.71. The van der Waals surface area contributed by atoms with Crippen molar-refractivity contribution in [1.82, 2.24) is 4.90 Å². The van der Waals surface area contributed by atoms with Crippen LogP contribution in [-0.2, 0) is 4.74 Å². The molecule has 0 saturated carbocycles. The second kappa shape index (κ2) is 7.61. The average molecular weight is 326 g/mol. The van der Waals surface area contributed by atoms with Gasteiger partial charge in [0.1, 0.15) is 5.75 Å². The van der Waals surface area contributed by atoms with Crippen molar-refractivity contribution in [2.75, 3.05) is 31.6 Å². The van der Waals surface area contributed by atoms with E-state index in [-0.39, 0.29) is 5.91 Å². The van der Waals surface area contributed by atoms with Crippen LogP contribution in [0.1, 0.15) is 10.4 Å². The third kappa shape index (κ3) is 3.91. The van der Waals surface area contributed by atoms with Crippen LogP contribution in [0.25, 0.3) is 0 Å². The van der Waals surface area contributed by atoms with E-state index < -0.39 is 6.09 Å². The van der Waals surface area contributed by atoms with Gasteiger partial charge >= 0.3 is 6.09 Å². The van der Waals surface area contributed by atoms with Gasteiger partial charge in [0.25, 0.3) is 5.91 Å². The molecule has 0 aromatic heterocycles. The van der Waals surface area contributed by atoms with Crippen LogP contribution < -0.4 is 10.1 Å². The van der Waals surface area contributed by atoms with Crippen molar-refractivity contribution >= 4 is 17.7 Å². The molecule has 6 nitrogen and oxygen atoms in total. The van der Waals surface area contributed by atoms with Gasteiger partial charge in [-0.05, 0) is 24.3 Å². The van der Waals surface area contributed by atoms with Crippen molar-refractivity contribution in [3.8, 4) is 5.75 Å². The fourth-order valence-corrected chi connectivity index (χ4v) is 2.45. The van der Waals surface area contributed by atoms with Crippen molar-refractivity contribution < 1.29 is 19.1 Å². The summed E-state index contributed by atoms with van der Waals surface area (Å²) in [6.07, 6.45) is -0.636. The third-order valence-corrected chi connectivity index (χ3v) is 3.65. The van der Waals surface area contributed by atoms with Gasteiger partial charge in [-0.3, -0.25) is 10.1 Å². The summed E-state index contributed by atoms with van der Waals surface area (Å²) in [5, 5.41) is 2.64. The van der Waals surface area contributed by atoms with Crippen LogP contribution in [0.5, 0.6) is 5.75 Å². The molecule has 24 heavy (non-hydrogen) atoms. The molecule has 0 spiro atoms. The van der Waals surface area contributed by atoms with Crippen molar-refractivity contribution in [2.24, 2.45) is 0 Å². The highest BCUT2D eigenvalue weighted by molar-refractivity contribution is 6.02. The molecule has 1 N–H and O–H groups in total. The summed E-state index contributed by atoms with van der Waals surface area (Å²) in [6, 6.07) is 15.7. The molecule has 0 radical (unpaired) electrons. The maximum Gasteiger partial charge on any atom is 0.417 e. The van der Waals surface area contributed by atoms with E-state index in [0.29, 0.717) is 43.3 Å². The SMILES string of the molecule is O=C(Nc1ccccc1C(=O)N1CCOCC1)Oc1ccccc1. The number of carbonyl (C=O) groups is 2. The zero-order chi connectivity index (χ0) is 16.8. The van der Waals surface area contributed by atoms with E-state index >= 15 is 0 Å². The third-order valence-electron chi connectivity index (χ3n) is 3.65. The fourth-order valence-electron chi connectivity index (χ4n) is 2.45. The molecule has 1 aliphatic rings. The van der Waals surface area contributed by atoms with E-state index in [1.54, 1.807) is 53.4 Å². The Labute approximate surface area is 140 Å². The first-order valence-corrected chi connectivity index (χ1v) is 7.74. The molecule has 0 atom stereocenters. The van der Waals surface area contributed by atoms with Gasteiger partial charge in [-0.25, -0.2) is 4.79 Å². The Bertz CT molecular complexity index is 712. The van der Waals surface area contributed by atoms with E-state index in [9.17, 15) is 9.59 Å². The minimum Gasteiger partial charge on any atom is -0.410 e. The zero-order valence-corrected chi connectivity index (χ0v) is 13.1. The summed E-state index contributed by atoms with van der Waals surface area (Å²) in [5.74, 6) is 0.306. The van der Waals surface area contributed by atoms with Crippen LogP contribution in [0.15, 0.2) is 54.6 Å². The van der Waals surface area contributed by atoms with E-state index in [1.807, 2.05) is 6.07 Å². The number of benzene rings is 2. The molecule has 2 aromatic rings. The maximum absolute atomic E-state index is 12.6. The monoisotopic (exact) mass is 326 g/mol. The molecule has 1 fully saturated rings. The molecular weight excluding hydrogens is 308 g/mol. The molecule has 6 heteroatoms. The van der Waals surface area contributed by atoms with Gasteiger partial charge in [-0.1, -0.05) is 30.3 Å². The number of morpholine rings is 1. The van der Waals surface area contributed by atoms with Gasteiger partial charge in [0.2, 0.25) is 0 Å². The molecule has 0 bridgehead atoms. The van der Waals surface area contributed by atoms with E-state index in [0.717, 1.165) is 0 Å². The number of rotatable bonds is 3. The topological polar surface area (TPSA) is 67.9 Å². The predicted molar refractivity (Wildman–Crippen MR) is 89.3 cm³/mol. The van der Waals surface area contributed by atoms with Crippen molar-refractivity contribution in [3.05, 3.63) is 60.2 Å². The van der Waals surface area contributed by atoms with Crippen LogP contribution in [0.2, 0.25) is 0 Å². The summed E-state index contributed by atoms with van der Waals surface area (Å²) in [4.78, 5) is 26.4. The van der Waals surface area contributed by atoms with Gasteiger partial charge in [0.05, 0.1) is 24.5 Å². The first-order chi connectivity index (χ1) is 11.7. The van der Waals surface area contributed by atoms with Gasteiger partial charge < -0.3 is 14.4 Å². The standard InChI is InChI=1S/C18H18N2O4/c21-17(20-10-12-23-13-11-20)15-8-4-5-9-16(15)19-18(22)24-14-6-2-1-3-7-14/h1-9H,10-13H2,(H,19,22). The van der Waals surface area contributed by atoms with E-state index in [1.165, 1.54) is 0 Å². The number of anilines is 1. The molecule has 0 unspecified atom stereocenters. The summed E-state index contributed by atoms with van der Waals surface area (Å²) in [6.45, 7) is 2.14. The first kappa shape index (κ1) is 16.0. The van der Waals surface area contributed by atoms with Gasteiger partial charge in [0, 0.05) is 13.1 Å². The summed E-state index contributed by atoms with van der Waals surface area (Å²) in [7, 11) is 0. The molecule has 124 valence electrons. The molecule has 1 heterocycles. The van der Waals surface area contributed by atoms with Crippen LogP contribution >= 0.6 is 0 Å². The zero-order valence-electron chi connectivity index (χ0n) is 13.1. The quantitative estimate of drug-likeness (QED) is 0.942. The van der Waals surface area contributed by atoms with Gasteiger partial charge in [-0.15, -0.1) is 0 Å².